The summed E-state index contributed by atoms with van der Waals surface area (Å²) in [5, 5.41) is 12.1. The van der Waals surface area contributed by atoms with Crippen molar-refractivity contribution in [1.82, 2.24) is 0 Å². The minimum absolute atomic E-state index is 0. The van der Waals surface area contributed by atoms with Crippen LogP contribution in [0, 0.1) is 6.07 Å². The monoisotopic (exact) mass is 402 g/mol. The van der Waals surface area contributed by atoms with E-state index < -0.39 is 9.84 Å². The summed E-state index contributed by atoms with van der Waals surface area (Å²) in [5.41, 5.74) is 2.96. The normalized spacial score (nSPS) is 11.8. The molecular weight excluding hydrogens is 385 g/mol. The number of benzene rings is 1. The van der Waals surface area contributed by atoms with Gasteiger partial charge in [0.2, 0.25) is 5.91 Å². The molecule has 9 heteroatoms. The Morgan fingerprint density at radius 3 is 2.36 bits per heavy atom. The molecule has 0 aliphatic rings. The van der Waals surface area contributed by atoms with Gasteiger partial charge in [0.25, 0.3) is 0 Å². The van der Waals surface area contributed by atoms with Crippen molar-refractivity contribution in [1.29, 1.82) is 0 Å². The Morgan fingerprint density at radius 1 is 1.32 bits per heavy atom. The first kappa shape index (κ1) is 20.9. The summed E-state index contributed by atoms with van der Waals surface area (Å²) in [4.78, 5) is 16.1. The molecule has 7 nitrogen and oxygen atoms in total. The van der Waals surface area contributed by atoms with E-state index in [1.165, 1.54) is 32.9 Å². The molecular formula is C13H17N2O5SY-. The van der Waals surface area contributed by atoms with Gasteiger partial charge in [-0.25, -0.2) is 13.9 Å². The Balaban J connectivity index is 0.00000441. The van der Waals surface area contributed by atoms with Crippen LogP contribution >= 0.6 is 0 Å². The number of sulfone groups is 1. The zero-order valence-corrected chi connectivity index (χ0v) is 16.4. The first-order chi connectivity index (χ1) is 9.61. The van der Waals surface area contributed by atoms with E-state index in [2.05, 4.69) is 16.9 Å². The zero-order chi connectivity index (χ0) is 16.2. The summed E-state index contributed by atoms with van der Waals surface area (Å²) in [7, 11) is -3.33. The molecule has 0 aromatic heterocycles. The fourth-order valence-electron chi connectivity index (χ4n) is 1.29. The Hall–Kier alpha value is -1.12. The molecule has 1 rings (SSSR count). The Bertz CT molecular complexity index is 686. The van der Waals surface area contributed by atoms with E-state index in [1.54, 1.807) is 0 Å². The molecule has 0 bridgehead atoms. The fourth-order valence-corrected chi connectivity index (χ4v) is 1.86. The number of aromatic hydroxyl groups is 1. The molecule has 0 atom stereocenters. The van der Waals surface area contributed by atoms with Crippen LogP contribution in [0.3, 0.4) is 0 Å². The van der Waals surface area contributed by atoms with Gasteiger partial charge >= 0.3 is 0 Å². The molecule has 1 amide bonds. The molecule has 0 saturated heterocycles. The molecule has 3 N–H and O–H groups in total. The van der Waals surface area contributed by atoms with E-state index in [9.17, 15) is 18.3 Å². The van der Waals surface area contributed by atoms with Crippen molar-refractivity contribution < 1.29 is 55.9 Å². The third kappa shape index (κ3) is 6.33. The van der Waals surface area contributed by atoms with E-state index in [0.29, 0.717) is 0 Å². The standard InChI is InChI=1S/C13H17N2O5S.Y/c1-8(9(2)21(4,18)19)20-15-11-5-6-12(13(17)7-11)14-10(3)16;/h6-7,15,17H,1-4H3,(H,14,16);/q-1;/b9-8-;. The van der Waals surface area contributed by atoms with Crippen molar-refractivity contribution in [2.45, 2.75) is 20.8 Å². The molecule has 0 aliphatic heterocycles. The number of phenols is 1. The third-order valence-corrected chi connectivity index (χ3v) is 4.01. The number of hydrogen-bond acceptors (Lipinski definition) is 6. The predicted molar refractivity (Wildman–Crippen MR) is 79.2 cm³/mol. The third-order valence-electron chi connectivity index (χ3n) is 2.61. The molecule has 0 heterocycles. The summed E-state index contributed by atoms with van der Waals surface area (Å²) in [5.74, 6) is -0.314. The maximum absolute atomic E-state index is 11.3. The number of phenolic OH excluding ortho intramolecular Hbond substituents is 1. The summed E-state index contributed by atoms with van der Waals surface area (Å²) in [6.45, 7) is 4.24. The second-order valence-corrected chi connectivity index (χ2v) is 6.57. The molecule has 0 spiro atoms. The summed E-state index contributed by atoms with van der Waals surface area (Å²) in [6, 6.07) is 5.39. The maximum atomic E-state index is 11.3. The van der Waals surface area contributed by atoms with Gasteiger partial charge < -0.3 is 15.3 Å². The Morgan fingerprint density at radius 2 is 1.91 bits per heavy atom. The van der Waals surface area contributed by atoms with E-state index in [-0.39, 0.29) is 66.4 Å². The smallest absolute Gasteiger partial charge is 0.210 e. The average Bonchev–Trinajstić information content (AvgIpc) is 2.36. The van der Waals surface area contributed by atoms with Crippen molar-refractivity contribution >= 4 is 27.1 Å². The van der Waals surface area contributed by atoms with Crippen molar-refractivity contribution in [3.8, 4) is 5.75 Å². The number of nitrogens with one attached hydrogen (secondary N) is 2. The molecule has 0 unspecified atom stereocenters. The SMILES string of the molecule is CC(=O)Nc1c[c-]c(NO/C(C)=C(/C)S(C)(=O)=O)cc1O.[Y]. The molecule has 22 heavy (non-hydrogen) atoms. The van der Waals surface area contributed by atoms with Gasteiger partial charge in [-0.2, -0.15) is 6.07 Å². The number of rotatable bonds is 5. The molecule has 1 aromatic carbocycles. The first-order valence-electron chi connectivity index (χ1n) is 5.94. The van der Waals surface area contributed by atoms with E-state index in [1.807, 2.05) is 0 Å². The number of carbonyl (C=O) groups excluding carboxylic acids is 1. The Kier molecular flexibility index (Phi) is 8.07. The second kappa shape index (κ2) is 8.50. The number of hydrogen-bond donors (Lipinski definition) is 3. The summed E-state index contributed by atoms with van der Waals surface area (Å²) in [6.07, 6.45) is 1.08. The van der Waals surface area contributed by atoms with E-state index in [4.69, 9.17) is 4.84 Å². The van der Waals surface area contributed by atoms with Gasteiger partial charge in [-0.3, -0.25) is 4.79 Å². The molecule has 0 aliphatic carbocycles. The van der Waals surface area contributed by atoms with Gasteiger partial charge in [0.1, 0.15) is 5.76 Å². The average molecular weight is 402 g/mol. The summed E-state index contributed by atoms with van der Waals surface area (Å²) >= 11 is 0. The van der Waals surface area contributed by atoms with Crippen molar-refractivity contribution in [2.24, 2.45) is 0 Å². The van der Waals surface area contributed by atoms with Gasteiger partial charge in [0.05, 0.1) is 4.91 Å². The van der Waals surface area contributed by atoms with Crippen LogP contribution in [0.2, 0.25) is 0 Å². The molecule has 1 radical (unpaired) electrons. The van der Waals surface area contributed by atoms with Crippen molar-refractivity contribution in [2.75, 3.05) is 17.1 Å². The number of anilines is 2. The zero-order valence-electron chi connectivity index (χ0n) is 12.7. The fraction of sp³-hybridized carbons (Fsp3) is 0.308. The van der Waals surface area contributed by atoms with Crippen LogP contribution in [-0.4, -0.2) is 25.7 Å². The quantitative estimate of drug-likeness (QED) is 0.300. The van der Waals surface area contributed by atoms with Gasteiger partial charge in [0, 0.05) is 51.6 Å². The Labute approximate surface area is 154 Å². The number of amides is 1. The van der Waals surface area contributed by atoms with Gasteiger partial charge in [-0.1, -0.05) is 0 Å². The maximum Gasteiger partial charge on any atom is 0.210 e. The summed E-state index contributed by atoms with van der Waals surface area (Å²) < 4.78 is 22.7. The van der Waals surface area contributed by atoms with Gasteiger partial charge in [-0.05, 0) is 25.2 Å². The van der Waals surface area contributed by atoms with Gasteiger partial charge in [-0.15, -0.1) is 12.1 Å². The van der Waals surface area contributed by atoms with Crippen LogP contribution in [0.1, 0.15) is 20.8 Å². The predicted octanol–water partition coefficient (Wildman–Crippen LogP) is 1.79. The van der Waals surface area contributed by atoms with Crippen LogP contribution < -0.4 is 10.8 Å². The molecule has 1 aromatic rings. The second-order valence-electron chi connectivity index (χ2n) is 4.42. The first-order valence-corrected chi connectivity index (χ1v) is 7.83. The van der Waals surface area contributed by atoms with E-state index in [0.717, 1.165) is 6.26 Å². The van der Waals surface area contributed by atoms with E-state index >= 15 is 0 Å². The molecule has 119 valence electrons. The van der Waals surface area contributed by atoms with Crippen LogP contribution in [0.25, 0.3) is 0 Å². The topological polar surface area (TPSA) is 105 Å². The minimum Gasteiger partial charge on any atom is -0.531 e. The number of carbonyl (C=O) groups is 1. The largest absolute Gasteiger partial charge is 0.531 e. The van der Waals surface area contributed by atoms with Crippen LogP contribution in [0.15, 0.2) is 22.8 Å². The van der Waals surface area contributed by atoms with Crippen LogP contribution in [-0.2, 0) is 52.2 Å². The molecule has 0 saturated carbocycles. The molecule has 0 fully saturated rings. The van der Waals surface area contributed by atoms with Crippen LogP contribution in [0.5, 0.6) is 5.75 Å². The van der Waals surface area contributed by atoms with Crippen molar-refractivity contribution in [3.63, 3.8) is 0 Å². The minimum atomic E-state index is -3.33. The van der Waals surface area contributed by atoms with Crippen molar-refractivity contribution in [3.05, 3.63) is 28.9 Å². The number of allylic oxidation sites excluding steroid dienone is 2. The van der Waals surface area contributed by atoms with Crippen LogP contribution in [0.4, 0.5) is 11.4 Å². The van der Waals surface area contributed by atoms with Gasteiger partial charge in [0.15, 0.2) is 9.84 Å².